The zero-order valence-corrected chi connectivity index (χ0v) is 17.5. The zero-order valence-electron chi connectivity index (χ0n) is 17.5. The fourth-order valence-electron chi connectivity index (χ4n) is 4.22. The van der Waals surface area contributed by atoms with Gasteiger partial charge in [-0.05, 0) is 57.2 Å². The summed E-state index contributed by atoms with van der Waals surface area (Å²) in [6.07, 6.45) is 1.13. The first-order chi connectivity index (χ1) is 13.3. The Bertz CT molecular complexity index is 857. The van der Waals surface area contributed by atoms with Gasteiger partial charge in [0.1, 0.15) is 0 Å². The van der Waals surface area contributed by atoms with Crippen molar-refractivity contribution in [3.63, 3.8) is 0 Å². The van der Waals surface area contributed by atoms with Crippen molar-refractivity contribution < 1.29 is 14.3 Å². The number of ether oxygens (including phenoxy) is 1. The monoisotopic (exact) mass is 382 g/mol. The molecule has 1 aromatic carbocycles. The maximum atomic E-state index is 12.6. The van der Waals surface area contributed by atoms with Crippen molar-refractivity contribution in [2.75, 3.05) is 19.7 Å². The summed E-state index contributed by atoms with van der Waals surface area (Å²) in [5, 5.41) is 0. The van der Waals surface area contributed by atoms with Crippen LogP contribution in [0.5, 0.6) is 0 Å². The predicted molar refractivity (Wildman–Crippen MR) is 110 cm³/mol. The van der Waals surface area contributed by atoms with Crippen molar-refractivity contribution in [3.8, 4) is 5.69 Å². The number of piperidine rings is 1. The van der Waals surface area contributed by atoms with Gasteiger partial charge < -0.3 is 14.2 Å². The van der Waals surface area contributed by atoms with Gasteiger partial charge in [-0.25, -0.2) is 4.79 Å². The minimum absolute atomic E-state index is 0.112. The average Bonchev–Trinajstić information content (AvgIpc) is 2.94. The number of hydrogen-bond donors (Lipinski definition) is 0. The number of carbonyl (C=O) groups excluding carboxylic acids is 2. The van der Waals surface area contributed by atoms with Crippen molar-refractivity contribution in [2.45, 2.75) is 41.0 Å². The number of amides is 1. The summed E-state index contributed by atoms with van der Waals surface area (Å²) in [7, 11) is 0. The van der Waals surface area contributed by atoms with Crippen LogP contribution < -0.4 is 0 Å². The molecule has 2 heterocycles. The fraction of sp³-hybridized carbons (Fsp3) is 0.478. The fourth-order valence-corrected chi connectivity index (χ4v) is 4.22. The number of benzene rings is 1. The van der Waals surface area contributed by atoms with E-state index in [-0.39, 0.29) is 12.5 Å². The van der Waals surface area contributed by atoms with E-state index in [1.165, 1.54) is 5.56 Å². The van der Waals surface area contributed by atoms with Crippen LogP contribution in [0.25, 0.3) is 5.69 Å². The molecular formula is C23H30N2O3. The van der Waals surface area contributed by atoms with Crippen LogP contribution in [0.3, 0.4) is 0 Å². The molecule has 1 fully saturated rings. The van der Waals surface area contributed by atoms with Gasteiger partial charge in [0.05, 0.1) is 5.56 Å². The quantitative estimate of drug-likeness (QED) is 0.749. The minimum atomic E-state index is -0.446. The summed E-state index contributed by atoms with van der Waals surface area (Å²) < 4.78 is 7.41. The molecule has 0 bridgehead atoms. The molecule has 28 heavy (non-hydrogen) atoms. The first-order valence-electron chi connectivity index (χ1n) is 9.97. The van der Waals surface area contributed by atoms with Gasteiger partial charge in [-0.2, -0.15) is 0 Å². The van der Waals surface area contributed by atoms with Crippen LogP contribution in [-0.2, 0) is 9.53 Å². The standard InChI is InChI=1S/C23H30N2O3/c1-15-6-8-20(9-7-15)25-18(4)11-21(19(25)5)23(27)28-14-22(26)24-12-16(2)10-17(3)13-24/h6-9,11,16-17H,10,12-14H2,1-5H3/t16-,17+. The van der Waals surface area contributed by atoms with Gasteiger partial charge in [0.25, 0.3) is 5.91 Å². The largest absolute Gasteiger partial charge is 0.452 e. The van der Waals surface area contributed by atoms with Crippen LogP contribution in [0.2, 0.25) is 0 Å². The Kier molecular flexibility index (Phi) is 5.92. The van der Waals surface area contributed by atoms with Gasteiger partial charge in [-0.15, -0.1) is 0 Å². The number of hydrogen-bond acceptors (Lipinski definition) is 3. The van der Waals surface area contributed by atoms with Crippen molar-refractivity contribution in [1.82, 2.24) is 9.47 Å². The first-order valence-corrected chi connectivity index (χ1v) is 9.97. The van der Waals surface area contributed by atoms with Crippen LogP contribution >= 0.6 is 0 Å². The Morgan fingerprint density at radius 1 is 1.04 bits per heavy atom. The lowest BCUT2D eigenvalue weighted by molar-refractivity contribution is -0.137. The predicted octanol–water partition coefficient (Wildman–Crippen LogP) is 4.06. The van der Waals surface area contributed by atoms with Crippen molar-refractivity contribution in [2.24, 2.45) is 11.8 Å². The Morgan fingerprint density at radius 2 is 1.64 bits per heavy atom. The maximum Gasteiger partial charge on any atom is 0.340 e. The highest BCUT2D eigenvalue weighted by atomic mass is 16.5. The molecule has 0 saturated carbocycles. The number of esters is 1. The molecular weight excluding hydrogens is 352 g/mol. The van der Waals surface area contributed by atoms with E-state index >= 15 is 0 Å². The van der Waals surface area contributed by atoms with Crippen LogP contribution in [-0.4, -0.2) is 41.0 Å². The summed E-state index contributed by atoms with van der Waals surface area (Å²) in [6, 6.07) is 9.99. The number of likely N-dealkylation sites (tertiary alicyclic amines) is 1. The highest BCUT2D eigenvalue weighted by Gasteiger charge is 2.26. The molecule has 150 valence electrons. The SMILES string of the molecule is Cc1ccc(-n2c(C)cc(C(=O)OCC(=O)N3C[C@H](C)C[C@H](C)C3)c2C)cc1. The second-order valence-corrected chi connectivity index (χ2v) is 8.28. The second-order valence-electron chi connectivity index (χ2n) is 8.28. The van der Waals surface area contributed by atoms with E-state index in [0.717, 1.165) is 36.6 Å². The van der Waals surface area contributed by atoms with Crippen molar-refractivity contribution in [3.05, 3.63) is 52.8 Å². The lowest BCUT2D eigenvalue weighted by atomic mass is 9.92. The van der Waals surface area contributed by atoms with Crippen LogP contribution in [0.4, 0.5) is 0 Å². The first kappa shape index (κ1) is 20.2. The molecule has 2 aromatic rings. The summed E-state index contributed by atoms with van der Waals surface area (Å²) in [4.78, 5) is 26.9. The van der Waals surface area contributed by atoms with Crippen LogP contribution in [0.1, 0.15) is 47.6 Å². The molecule has 5 nitrogen and oxygen atoms in total. The second kappa shape index (κ2) is 8.21. The Morgan fingerprint density at radius 3 is 2.25 bits per heavy atom. The smallest absolute Gasteiger partial charge is 0.340 e. The molecule has 1 aliphatic rings. The molecule has 2 atom stereocenters. The van der Waals surface area contributed by atoms with Gasteiger partial charge in [-0.1, -0.05) is 31.5 Å². The molecule has 1 saturated heterocycles. The molecule has 0 radical (unpaired) electrons. The number of rotatable bonds is 4. The molecule has 0 N–H and O–H groups in total. The van der Waals surface area contributed by atoms with Crippen molar-refractivity contribution >= 4 is 11.9 Å². The number of nitrogens with zero attached hydrogens (tertiary/aromatic N) is 2. The molecule has 0 unspecified atom stereocenters. The molecule has 1 aromatic heterocycles. The topological polar surface area (TPSA) is 51.5 Å². The number of aromatic nitrogens is 1. The van der Waals surface area contributed by atoms with Gasteiger partial charge in [0.15, 0.2) is 6.61 Å². The molecule has 1 amide bonds. The third-order valence-corrected chi connectivity index (χ3v) is 5.49. The van der Waals surface area contributed by atoms with Crippen molar-refractivity contribution in [1.29, 1.82) is 0 Å². The molecule has 0 aliphatic carbocycles. The van der Waals surface area contributed by atoms with Crippen LogP contribution in [0.15, 0.2) is 30.3 Å². The van der Waals surface area contributed by atoms with E-state index in [4.69, 9.17) is 4.74 Å². The summed E-state index contributed by atoms with van der Waals surface area (Å²) >= 11 is 0. The van der Waals surface area contributed by atoms with E-state index in [9.17, 15) is 9.59 Å². The third kappa shape index (κ3) is 4.29. The van der Waals surface area contributed by atoms with E-state index in [0.29, 0.717) is 17.4 Å². The van der Waals surface area contributed by atoms with E-state index < -0.39 is 5.97 Å². The normalized spacial score (nSPS) is 19.5. The average molecular weight is 383 g/mol. The highest BCUT2D eigenvalue weighted by Crippen LogP contribution is 2.23. The van der Waals surface area contributed by atoms with Gasteiger partial charge in [0, 0.05) is 30.2 Å². The Labute approximate surface area is 167 Å². The van der Waals surface area contributed by atoms with Gasteiger partial charge >= 0.3 is 5.97 Å². The lowest BCUT2D eigenvalue weighted by Gasteiger charge is -2.34. The highest BCUT2D eigenvalue weighted by molar-refractivity contribution is 5.93. The third-order valence-electron chi connectivity index (χ3n) is 5.49. The van der Waals surface area contributed by atoms with Crippen LogP contribution in [0, 0.1) is 32.6 Å². The van der Waals surface area contributed by atoms with Gasteiger partial charge in [-0.3, -0.25) is 4.79 Å². The maximum absolute atomic E-state index is 12.6. The van der Waals surface area contributed by atoms with E-state index in [1.54, 1.807) is 0 Å². The minimum Gasteiger partial charge on any atom is -0.452 e. The van der Waals surface area contributed by atoms with E-state index in [2.05, 4.69) is 13.8 Å². The molecule has 3 rings (SSSR count). The number of carbonyl (C=O) groups is 2. The number of aryl methyl sites for hydroxylation is 2. The Balaban J connectivity index is 1.69. The molecule has 0 spiro atoms. The molecule has 1 aliphatic heterocycles. The van der Waals surface area contributed by atoms with Gasteiger partial charge in [0.2, 0.25) is 0 Å². The summed E-state index contributed by atoms with van der Waals surface area (Å²) in [6.45, 7) is 11.5. The van der Waals surface area contributed by atoms with E-state index in [1.807, 2.05) is 60.6 Å². The zero-order chi connectivity index (χ0) is 20.4. The summed E-state index contributed by atoms with van der Waals surface area (Å²) in [5.41, 5.74) is 4.47. The Hall–Kier alpha value is -2.56. The summed E-state index contributed by atoms with van der Waals surface area (Å²) in [5.74, 6) is 0.408. The lowest BCUT2D eigenvalue weighted by Crippen LogP contribution is -2.44. The molecule has 5 heteroatoms.